The lowest BCUT2D eigenvalue weighted by atomic mass is 10.2. The Labute approximate surface area is 104 Å². The Morgan fingerprint density at radius 3 is 2.88 bits per heavy atom. The van der Waals surface area contributed by atoms with E-state index < -0.39 is 0 Å². The van der Waals surface area contributed by atoms with Gasteiger partial charge in [-0.25, -0.2) is 4.79 Å². The number of hydrogen-bond donors (Lipinski definition) is 0. The van der Waals surface area contributed by atoms with E-state index in [1.54, 1.807) is 4.90 Å². The molecule has 0 aromatic heterocycles. The zero-order chi connectivity index (χ0) is 11.7. The standard InChI is InChI=1S/C12H14BrNO2/c1-3-10-7-14(12(15)16-10)9-4-5-11(13)8(2)6-9/h4-6,10H,3,7H2,1-2H3. The molecular formula is C12H14BrNO2. The highest BCUT2D eigenvalue weighted by molar-refractivity contribution is 9.10. The first-order chi connectivity index (χ1) is 7.61. The highest BCUT2D eigenvalue weighted by atomic mass is 79.9. The van der Waals surface area contributed by atoms with Gasteiger partial charge in [0.25, 0.3) is 0 Å². The predicted molar refractivity (Wildman–Crippen MR) is 66.8 cm³/mol. The van der Waals surface area contributed by atoms with Crippen LogP contribution >= 0.6 is 15.9 Å². The monoisotopic (exact) mass is 283 g/mol. The Bertz CT molecular complexity index is 419. The van der Waals surface area contributed by atoms with Crippen LogP contribution < -0.4 is 4.90 Å². The van der Waals surface area contributed by atoms with E-state index in [-0.39, 0.29) is 12.2 Å². The molecule has 3 nitrogen and oxygen atoms in total. The number of cyclic esters (lactones) is 1. The van der Waals surface area contributed by atoms with Crippen LogP contribution in [0.2, 0.25) is 0 Å². The molecule has 2 rings (SSSR count). The molecule has 1 aromatic rings. The van der Waals surface area contributed by atoms with E-state index >= 15 is 0 Å². The Hall–Kier alpha value is -1.03. The van der Waals surface area contributed by atoms with E-state index in [0.717, 1.165) is 22.1 Å². The van der Waals surface area contributed by atoms with Crippen molar-refractivity contribution in [2.45, 2.75) is 26.4 Å². The van der Waals surface area contributed by atoms with Crippen LogP contribution in [0.15, 0.2) is 22.7 Å². The normalized spacial score (nSPS) is 20.1. The second-order valence-corrected chi connectivity index (χ2v) is 4.81. The number of halogens is 1. The maximum absolute atomic E-state index is 11.6. The second kappa shape index (κ2) is 4.45. The van der Waals surface area contributed by atoms with Crippen LogP contribution in [-0.4, -0.2) is 18.7 Å². The molecule has 1 atom stereocenters. The number of rotatable bonds is 2. The molecule has 1 unspecified atom stereocenters. The van der Waals surface area contributed by atoms with Gasteiger partial charge in [0.2, 0.25) is 0 Å². The minimum absolute atomic E-state index is 0.0245. The van der Waals surface area contributed by atoms with Crippen LogP contribution in [-0.2, 0) is 4.74 Å². The number of hydrogen-bond acceptors (Lipinski definition) is 2. The van der Waals surface area contributed by atoms with Crippen LogP contribution in [0, 0.1) is 6.92 Å². The minimum Gasteiger partial charge on any atom is -0.444 e. The Morgan fingerprint density at radius 2 is 2.31 bits per heavy atom. The summed E-state index contributed by atoms with van der Waals surface area (Å²) >= 11 is 3.44. The third-order valence-corrected chi connectivity index (χ3v) is 3.67. The first-order valence-corrected chi connectivity index (χ1v) is 6.15. The van der Waals surface area contributed by atoms with Gasteiger partial charge in [0, 0.05) is 10.2 Å². The van der Waals surface area contributed by atoms with E-state index in [4.69, 9.17) is 4.74 Å². The van der Waals surface area contributed by atoms with E-state index in [0.29, 0.717) is 6.54 Å². The fraction of sp³-hybridized carbons (Fsp3) is 0.417. The van der Waals surface area contributed by atoms with Crippen LogP contribution in [0.1, 0.15) is 18.9 Å². The molecule has 16 heavy (non-hydrogen) atoms. The molecule has 1 amide bonds. The summed E-state index contributed by atoms with van der Waals surface area (Å²) in [5.41, 5.74) is 2.02. The molecule has 1 fully saturated rings. The van der Waals surface area contributed by atoms with Crippen LogP contribution in [0.5, 0.6) is 0 Å². The van der Waals surface area contributed by atoms with Gasteiger partial charge in [0.15, 0.2) is 0 Å². The quantitative estimate of drug-likeness (QED) is 0.832. The highest BCUT2D eigenvalue weighted by Crippen LogP contribution is 2.26. The number of amides is 1. The summed E-state index contributed by atoms with van der Waals surface area (Å²) in [6.45, 7) is 4.68. The van der Waals surface area contributed by atoms with Gasteiger partial charge in [-0.3, -0.25) is 4.90 Å². The van der Waals surface area contributed by atoms with E-state index in [2.05, 4.69) is 15.9 Å². The lowest BCUT2D eigenvalue weighted by molar-refractivity contribution is 0.139. The summed E-state index contributed by atoms with van der Waals surface area (Å²) in [5.74, 6) is 0. The average Bonchev–Trinajstić information content (AvgIpc) is 2.64. The summed E-state index contributed by atoms with van der Waals surface area (Å²) < 4.78 is 6.27. The molecule has 4 heteroatoms. The summed E-state index contributed by atoms with van der Waals surface area (Å²) in [6.07, 6.45) is 0.641. The van der Waals surface area contributed by atoms with Crippen molar-refractivity contribution in [3.63, 3.8) is 0 Å². The molecule has 0 radical (unpaired) electrons. The molecule has 0 bridgehead atoms. The van der Waals surface area contributed by atoms with Crippen LogP contribution in [0.4, 0.5) is 10.5 Å². The molecule has 0 spiro atoms. The van der Waals surface area contributed by atoms with Gasteiger partial charge in [-0.05, 0) is 37.1 Å². The van der Waals surface area contributed by atoms with Crippen molar-refractivity contribution in [2.75, 3.05) is 11.4 Å². The first kappa shape index (κ1) is 11.5. The molecule has 86 valence electrons. The lowest BCUT2D eigenvalue weighted by Crippen LogP contribution is -2.24. The van der Waals surface area contributed by atoms with Crippen molar-refractivity contribution in [2.24, 2.45) is 0 Å². The topological polar surface area (TPSA) is 29.5 Å². The molecule has 0 N–H and O–H groups in total. The fourth-order valence-corrected chi connectivity index (χ4v) is 1.99. The Kier molecular flexibility index (Phi) is 3.19. The maximum atomic E-state index is 11.6. The zero-order valence-electron chi connectivity index (χ0n) is 9.37. The van der Waals surface area contributed by atoms with Crippen LogP contribution in [0.3, 0.4) is 0 Å². The Morgan fingerprint density at radius 1 is 1.56 bits per heavy atom. The number of benzene rings is 1. The Balaban J connectivity index is 2.24. The predicted octanol–water partition coefficient (Wildman–Crippen LogP) is 3.49. The molecule has 1 aromatic carbocycles. The van der Waals surface area contributed by atoms with Crippen molar-refractivity contribution < 1.29 is 9.53 Å². The largest absolute Gasteiger partial charge is 0.444 e. The van der Waals surface area contributed by atoms with Crippen LogP contribution in [0.25, 0.3) is 0 Å². The summed E-state index contributed by atoms with van der Waals surface area (Å²) in [7, 11) is 0. The summed E-state index contributed by atoms with van der Waals surface area (Å²) in [6, 6.07) is 5.87. The second-order valence-electron chi connectivity index (χ2n) is 3.96. The molecule has 0 saturated carbocycles. The minimum atomic E-state index is -0.242. The van der Waals surface area contributed by atoms with Crippen molar-refractivity contribution >= 4 is 27.7 Å². The van der Waals surface area contributed by atoms with Gasteiger partial charge in [-0.15, -0.1) is 0 Å². The van der Waals surface area contributed by atoms with Crippen molar-refractivity contribution in [1.82, 2.24) is 0 Å². The van der Waals surface area contributed by atoms with Gasteiger partial charge >= 0.3 is 6.09 Å². The first-order valence-electron chi connectivity index (χ1n) is 5.36. The molecule has 1 aliphatic rings. The van der Waals surface area contributed by atoms with E-state index in [9.17, 15) is 4.79 Å². The third-order valence-electron chi connectivity index (χ3n) is 2.78. The van der Waals surface area contributed by atoms with E-state index in [1.807, 2.05) is 32.0 Å². The molecule has 1 aliphatic heterocycles. The number of nitrogens with zero attached hydrogens (tertiary/aromatic N) is 1. The fourth-order valence-electron chi connectivity index (χ4n) is 1.74. The molecule has 1 saturated heterocycles. The number of aryl methyl sites for hydroxylation is 1. The maximum Gasteiger partial charge on any atom is 0.414 e. The summed E-state index contributed by atoms with van der Waals surface area (Å²) in [4.78, 5) is 13.3. The highest BCUT2D eigenvalue weighted by Gasteiger charge is 2.31. The van der Waals surface area contributed by atoms with E-state index in [1.165, 1.54) is 0 Å². The van der Waals surface area contributed by atoms with Gasteiger partial charge < -0.3 is 4.74 Å². The SMILES string of the molecule is CCC1CN(c2ccc(Br)c(C)c2)C(=O)O1. The van der Waals surface area contributed by atoms with Crippen molar-refractivity contribution in [3.05, 3.63) is 28.2 Å². The summed E-state index contributed by atoms with van der Waals surface area (Å²) in [5, 5.41) is 0. The van der Waals surface area contributed by atoms with Crippen molar-refractivity contribution in [1.29, 1.82) is 0 Å². The lowest BCUT2D eigenvalue weighted by Gasteiger charge is -2.13. The molecule has 1 heterocycles. The van der Waals surface area contributed by atoms with Gasteiger partial charge in [0.05, 0.1) is 6.54 Å². The number of ether oxygens (including phenoxy) is 1. The molecular weight excluding hydrogens is 270 g/mol. The van der Waals surface area contributed by atoms with Gasteiger partial charge in [0.1, 0.15) is 6.10 Å². The van der Waals surface area contributed by atoms with Gasteiger partial charge in [-0.1, -0.05) is 22.9 Å². The smallest absolute Gasteiger partial charge is 0.414 e. The number of anilines is 1. The zero-order valence-corrected chi connectivity index (χ0v) is 11.0. The average molecular weight is 284 g/mol. The molecule has 0 aliphatic carbocycles. The van der Waals surface area contributed by atoms with Gasteiger partial charge in [-0.2, -0.15) is 0 Å². The van der Waals surface area contributed by atoms with Crippen molar-refractivity contribution in [3.8, 4) is 0 Å². The number of carbonyl (C=O) groups is 1. The third kappa shape index (κ3) is 2.07. The number of carbonyl (C=O) groups excluding carboxylic acids is 1.